The Bertz CT molecular complexity index is 811. The van der Waals surface area contributed by atoms with Crippen molar-refractivity contribution in [3.63, 3.8) is 0 Å². The van der Waals surface area contributed by atoms with Crippen LogP contribution in [-0.4, -0.2) is 72.3 Å². The zero-order valence-corrected chi connectivity index (χ0v) is 17.1. The molecule has 0 saturated carbocycles. The van der Waals surface area contributed by atoms with Crippen molar-refractivity contribution >= 4 is 5.91 Å². The third-order valence-corrected chi connectivity index (χ3v) is 7.04. The normalized spacial score (nSPS) is 30.1. The number of carbonyl (C=O) groups is 1. The summed E-state index contributed by atoms with van der Waals surface area (Å²) in [4.78, 5) is 30.5. The third kappa shape index (κ3) is 3.88. The number of fused-ring (bicyclic) bond motifs is 4. The van der Waals surface area contributed by atoms with Crippen LogP contribution in [0.1, 0.15) is 42.9 Å². The number of aromatic nitrogens is 1. The van der Waals surface area contributed by atoms with E-state index in [2.05, 4.69) is 16.3 Å². The van der Waals surface area contributed by atoms with Gasteiger partial charge in [-0.1, -0.05) is 12.5 Å². The van der Waals surface area contributed by atoms with E-state index in [1.54, 1.807) is 0 Å². The van der Waals surface area contributed by atoms with Gasteiger partial charge in [0.1, 0.15) is 6.10 Å². The lowest BCUT2D eigenvalue weighted by Gasteiger charge is -2.44. The molecule has 3 saturated heterocycles. The Kier molecular flexibility index (Phi) is 5.45. The number of amides is 1. The van der Waals surface area contributed by atoms with Gasteiger partial charge in [0.2, 0.25) is 0 Å². The number of piperidine rings is 2. The highest BCUT2D eigenvalue weighted by atomic mass is 16.5. The summed E-state index contributed by atoms with van der Waals surface area (Å²) < 4.78 is 7.69. The van der Waals surface area contributed by atoms with Crippen LogP contribution >= 0.6 is 0 Å². The zero-order valence-electron chi connectivity index (χ0n) is 17.1. The second kappa shape index (κ2) is 8.20. The summed E-state index contributed by atoms with van der Waals surface area (Å²) in [5.41, 5.74) is 2.21. The predicted octanol–water partition coefficient (Wildman–Crippen LogP) is 0.768. The highest BCUT2D eigenvalue weighted by molar-refractivity contribution is 5.81. The number of hydrogen-bond acceptors (Lipinski definition) is 5. The summed E-state index contributed by atoms with van der Waals surface area (Å²) in [6.45, 7) is 7.12. The fourth-order valence-corrected chi connectivity index (χ4v) is 5.58. The molecule has 0 spiro atoms. The largest absolute Gasteiger partial charge is 0.366 e. The van der Waals surface area contributed by atoms with E-state index < -0.39 is 0 Å². The summed E-state index contributed by atoms with van der Waals surface area (Å²) in [6, 6.07) is 4.19. The second-order valence-corrected chi connectivity index (χ2v) is 9.14. The fourth-order valence-electron chi connectivity index (χ4n) is 5.58. The Morgan fingerprint density at radius 3 is 2.79 bits per heavy atom. The van der Waals surface area contributed by atoms with Crippen LogP contribution in [0.4, 0.5) is 0 Å². The second-order valence-electron chi connectivity index (χ2n) is 9.14. The van der Waals surface area contributed by atoms with E-state index in [4.69, 9.17) is 4.74 Å². The molecule has 0 aromatic carbocycles. The molecule has 4 aliphatic rings. The van der Waals surface area contributed by atoms with Crippen molar-refractivity contribution in [2.75, 3.05) is 45.9 Å². The SMILES string of the molecule is O=C([C@H]1CNCCO1)N1C[C@@H]2C[C@H](C1)c1ccc(CN3CCCCC3)c(=O)n1C2. The first-order valence-corrected chi connectivity index (χ1v) is 11.2. The average molecular weight is 401 g/mol. The topological polar surface area (TPSA) is 66.8 Å². The van der Waals surface area contributed by atoms with E-state index in [9.17, 15) is 9.59 Å². The van der Waals surface area contributed by atoms with Gasteiger partial charge in [-0.15, -0.1) is 0 Å². The van der Waals surface area contributed by atoms with E-state index in [0.29, 0.717) is 25.6 Å². The highest BCUT2D eigenvalue weighted by Gasteiger charge is 2.38. The standard InChI is InChI=1S/C22H32N4O3/c27-21-17(14-24-7-2-1-3-8-24)4-5-19-18-10-16(13-26(19)21)12-25(15-18)22(28)20-11-23-6-9-29-20/h4-5,16,18,20,23H,1-3,6-15H2/t16-,18+,20+/m0/s1. The first kappa shape index (κ1) is 19.3. The molecule has 3 atom stereocenters. The summed E-state index contributed by atoms with van der Waals surface area (Å²) in [5, 5.41) is 3.25. The Morgan fingerprint density at radius 1 is 1.14 bits per heavy atom. The van der Waals surface area contributed by atoms with Crippen LogP contribution in [0.15, 0.2) is 16.9 Å². The quantitative estimate of drug-likeness (QED) is 0.812. The molecule has 1 N–H and O–H groups in total. The van der Waals surface area contributed by atoms with Gasteiger partial charge in [0, 0.05) is 56.4 Å². The molecule has 158 valence electrons. The zero-order chi connectivity index (χ0) is 19.8. The molecular formula is C22H32N4O3. The molecule has 0 unspecified atom stereocenters. The molecule has 1 aromatic heterocycles. The summed E-state index contributed by atoms with van der Waals surface area (Å²) >= 11 is 0. The van der Waals surface area contributed by atoms with Crippen LogP contribution in [0.2, 0.25) is 0 Å². The molecule has 1 amide bonds. The third-order valence-electron chi connectivity index (χ3n) is 7.04. The van der Waals surface area contributed by atoms with Gasteiger partial charge < -0.3 is 19.5 Å². The Hall–Kier alpha value is -1.70. The fraction of sp³-hybridized carbons (Fsp3) is 0.727. The molecule has 3 fully saturated rings. The number of nitrogens with one attached hydrogen (secondary N) is 1. The van der Waals surface area contributed by atoms with Crippen LogP contribution in [0.3, 0.4) is 0 Å². The average Bonchev–Trinajstić information content (AvgIpc) is 2.77. The van der Waals surface area contributed by atoms with E-state index in [0.717, 1.165) is 56.9 Å². The molecule has 0 radical (unpaired) electrons. The minimum atomic E-state index is -0.364. The van der Waals surface area contributed by atoms with Gasteiger partial charge in [0.25, 0.3) is 11.5 Å². The van der Waals surface area contributed by atoms with Gasteiger partial charge in [-0.05, 0) is 44.3 Å². The summed E-state index contributed by atoms with van der Waals surface area (Å²) in [5.74, 6) is 0.703. The van der Waals surface area contributed by atoms with Crippen molar-refractivity contribution < 1.29 is 9.53 Å². The monoisotopic (exact) mass is 400 g/mol. The maximum Gasteiger partial charge on any atom is 0.255 e. The Balaban J connectivity index is 1.33. The first-order valence-electron chi connectivity index (χ1n) is 11.2. The van der Waals surface area contributed by atoms with Gasteiger partial charge in [0.05, 0.1) is 6.61 Å². The number of likely N-dealkylation sites (tertiary alicyclic amines) is 2. The lowest BCUT2D eigenvalue weighted by atomic mass is 9.82. The van der Waals surface area contributed by atoms with Gasteiger partial charge >= 0.3 is 0 Å². The molecule has 1 aromatic rings. The lowest BCUT2D eigenvalue weighted by molar-refractivity contribution is -0.148. The Labute approximate surface area is 172 Å². The number of morpholine rings is 1. The minimum absolute atomic E-state index is 0.101. The van der Waals surface area contributed by atoms with Crippen LogP contribution in [0.25, 0.3) is 0 Å². The number of nitrogens with zero attached hydrogens (tertiary/aromatic N) is 3. The number of rotatable bonds is 3. The van der Waals surface area contributed by atoms with Crippen molar-refractivity contribution in [2.45, 2.75) is 50.8 Å². The van der Waals surface area contributed by atoms with E-state index in [-0.39, 0.29) is 23.5 Å². The number of carbonyl (C=O) groups excluding carboxylic acids is 1. The maximum atomic E-state index is 13.2. The van der Waals surface area contributed by atoms with Crippen molar-refractivity contribution in [1.82, 2.24) is 19.7 Å². The molecule has 7 heteroatoms. The van der Waals surface area contributed by atoms with Crippen molar-refractivity contribution in [1.29, 1.82) is 0 Å². The highest BCUT2D eigenvalue weighted by Crippen LogP contribution is 2.35. The van der Waals surface area contributed by atoms with Crippen molar-refractivity contribution in [3.8, 4) is 0 Å². The van der Waals surface area contributed by atoms with E-state index >= 15 is 0 Å². The van der Waals surface area contributed by atoms with E-state index in [1.165, 1.54) is 19.3 Å². The van der Waals surface area contributed by atoms with Gasteiger partial charge in [-0.25, -0.2) is 0 Å². The molecule has 4 aliphatic heterocycles. The molecule has 5 heterocycles. The molecule has 2 bridgehead atoms. The van der Waals surface area contributed by atoms with Crippen LogP contribution in [0, 0.1) is 5.92 Å². The number of ether oxygens (including phenoxy) is 1. The molecule has 5 rings (SSSR count). The van der Waals surface area contributed by atoms with Crippen LogP contribution < -0.4 is 10.9 Å². The molecule has 29 heavy (non-hydrogen) atoms. The van der Waals surface area contributed by atoms with Gasteiger partial charge in [0.15, 0.2) is 0 Å². The van der Waals surface area contributed by atoms with Gasteiger partial charge in [-0.3, -0.25) is 14.5 Å². The van der Waals surface area contributed by atoms with E-state index in [1.807, 2.05) is 15.5 Å². The lowest BCUT2D eigenvalue weighted by Crippen LogP contribution is -2.55. The first-order chi connectivity index (χ1) is 14.2. The van der Waals surface area contributed by atoms with Crippen molar-refractivity contribution in [2.24, 2.45) is 5.92 Å². The molecule has 0 aliphatic carbocycles. The van der Waals surface area contributed by atoms with Crippen LogP contribution in [-0.2, 0) is 22.6 Å². The van der Waals surface area contributed by atoms with Crippen LogP contribution in [0.5, 0.6) is 0 Å². The maximum absolute atomic E-state index is 13.2. The smallest absolute Gasteiger partial charge is 0.255 e. The summed E-state index contributed by atoms with van der Waals surface area (Å²) in [7, 11) is 0. The van der Waals surface area contributed by atoms with Gasteiger partial charge in [-0.2, -0.15) is 0 Å². The summed E-state index contributed by atoms with van der Waals surface area (Å²) in [6.07, 6.45) is 4.48. The minimum Gasteiger partial charge on any atom is -0.366 e. The van der Waals surface area contributed by atoms with Crippen molar-refractivity contribution in [3.05, 3.63) is 33.7 Å². The predicted molar refractivity (Wildman–Crippen MR) is 110 cm³/mol. The number of pyridine rings is 1. The Morgan fingerprint density at radius 2 is 2.00 bits per heavy atom. The number of hydrogen-bond donors (Lipinski definition) is 1. The molecular weight excluding hydrogens is 368 g/mol. The molecule has 7 nitrogen and oxygen atoms in total.